The molecule has 2 fully saturated rings. The normalized spacial score (nSPS) is 21.9. The summed E-state index contributed by atoms with van der Waals surface area (Å²) in [5.74, 6) is 0. The van der Waals surface area contributed by atoms with Crippen molar-refractivity contribution in [3.05, 3.63) is 24.3 Å². The maximum Gasteiger partial charge on any atom is 0.0443 e. The molecule has 0 bridgehead atoms. The SMILES string of the molecule is CN1CCN(c2cc[c]c(NC3CCCCC3)c2)CC1. The van der Waals surface area contributed by atoms with Gasteiger partial charge in [0.05, 0.1) is 0 Å². The lowest BCUT2D eigenvalue weighted by Gasteiger charge is -2.34. The number of anilines is 2. The highest BCUT2D eigenvalue weighted by molar-refractivity contribution is 5.58. The zero-order valence-electron chi connectivity index (χ0n) is 12.6. The van der Waals surface area contributed by atoms with Gasteiger partial charge in [0.2, 0.25) is 0 Å². The second kappa shape index (κ2) is 6.49. The lowest BCUT2D eigenvalue weighted by atomic mass is 9.95. The Morgan fingerprint density at radius 2 is 1.85 bits per heavy atom. The number of rotatable bonds is 3. The predicted octanol–water partition coefficient (Wildman–Crippen LogP) is 2.98. The van der Waals surface area contributed by atoms with Gasteiger partial charge in [0.15, 0.2) is 0 Å². The van der Waals surface area contributed by atoms with Gasteiger partial charge in [-0.1, -0.05) is 25.3 Å². The van der Waals surface area contributed by atoms with Gasteiger partial charge >= 0.3 is 0 Å². The van der Waals surface area contributed by atoms with E-state index >= 15 is 0 Å². The van der Waals surface area contributed by atoms with Crippen molar-refractivity contribution in [2.75, 3.05) is 43.4 Å². The Kier molecular flexibility index (Phi) is 4.46. The molecule has 1 radical (unpaired) electrons. The largest absolute Gasteiger partial charge is 0.382 e. The van der Waals surface area contributed by atoms with Crippen LogP contribution in [0.4, 0.5) is 11.4 Å². The fraction of sp³-hybridized carbons (Fsp3) is 0.647. The molecule has 0 atom stereocenters. The van der Waals surface area contributed by atoms with Gasteiger partial charge in [-0.15, -0.1) is 0 Å². The average molecular weight is 272 g/mol. The van der Waals surface area contributed by atoms with Crippen molar-refractivity contribution in [1.82, 2.24) is 4.90 Å². The molecular weight excluding hydrogens is 246 g/mol. The third-order valence-electron chi connectivity index (χ3n) is 4.62. The molecule has 1 heterocycles. The number of nitrogens with zero attached hydrogens (tertiary/aromatic N) is 2. The van der Waals surface area contributed by atoms with Crippen molar-refractivity contribution in [1.29, 1.82) is 0 Å². The summed E-state index contributed by atoms with van der Waals surface area (Å²) in [4.78, 5) is 4.88. The Hall–Kier alpha value is -1.22. The van der Waals surface area contributed by atoms with E-state index in [4.69, 9.17) is 0 Å². The third kappa shape index (κ3) is 3.45. The topological polar surface area (TPSA) is 18.5 Å². The molecule has 0 aromatic heterocycles. The summed E-state index contributed by atoms with van der Waals surface area (Å²) in [6.45, 7) is 4.57. The zero-order chi connectivity index (χ0) is 13.8. The van der Waals surface area contributed by atoms with E-state index < -0.39 is 0 Å². The van der Waals surface area contributed by atoms with E-state index in [0.29, 0.717) is 6.04 Å². The molecule has 109 valence electrons. The van der Waals surface area contributed by atoms with Gasteiger partial charge in [-0.3, -0.25) is 0 Å². The average Bonchev–Trinajstić information content (AvgIpc) is 2.49. The van der Waals surface area contributed by atoms with Crippen molar-refractivity contribution >= 4 is 11.4 Å². The second-order valence-corrected chi connectivity index (χ2v) is 6.23. The van der Waals surface area contributed by atoms with Crippen LogP contribution in [-0.4, -0.2) is 44.2 Å². The van der Waals surface area contributed by atoms with Crippen LogP contribution in [0.3, 0.4) is 0 Å². The molecule has 1 saturated heterocycles. The Labute approximate surface area is 123 Å². The maximum absolute atomic E-state index is 3.68. The molecule has 1 aromatic rings. The summed E-state index contributed by atoms with van der Waals surface area (Å²) in [5, 5.41) is 3.68. The van der Waals surface area contributed by atoms with E-state index in [1.165, 1.54) is 43.5 Å². The number of likely N-dealkylation sites (N-methyl/N-ethyl adjacent to an activating group) is 1. The molecule has 1 aliphatic heterocycles. The quantitative estimate of drug-likeness (QED) is 0.912. The first-order chi connectivity index (χ1) is 9.81. The van der Waals surface area contributed by atoms with E-state index in [9.17, 15) is 0 Å². The van der Waals surface area contributed by atoms with E-state index in [-0.39, 0.29) is 0 Å². The van der Waals surface area contributed by atoms with Crippen LogP contribution in [0.1, 0.15) is 32.1 Å². The number of benzene rings is 1. The molecule has 1 aliphatic carbocycles. The van der Waals surface area contributed by atoms with Crippen molar-refractivity contribution < 1.29 is 0 Å². The molecule has 3 nitrogen and oxygen atoms in total. The number of nitrogens with one attached hydrogen (secondary N) is 1. The lowest BCUT2D eigenvalue weighted by molar-refractivity contribution is 0.313. The van der Waals surface area contributed by atoms with Crippen LogP contribution < -0.4 is 10.2 Å². The fourth-order valence-electron chi connectivity index (χ4n) is 3.27. The molecule has 0 spiro atoms. The molecule has 20 heavy (non-hydrogen) atoms. The summed E-state index contributed by atoms with van der Waals surface area (Å²) < 4.78 is 0. The van der Waals surface area contributed by atoms with Crippen LogP contribution in [-0.2, 0) is 0 Å². The van der Waals surface area contributed by atoms with Crippen LogP contribution in [0.15, 0.2) is 18.2 Å². The highest BCUT2D eigenvalue weighted by Crippen LogP contribution is 2.24. The number of hydrogen-bond acceptors (Lipinski definition) is 3. The first kappa shape index (κ1) is 13.7. The molecule has 3 rings (SSSR count). The molecule has 1 N–H and O–H groups in total. The minimum absolute atomic E-state index is 0.655. The van der Waals surface area contributed by atoms with Gasteiger partial charge in [-0.2, -0.15) is 0 Å². The van der Waals surface area contributed by atoms with Gasteiger partial charge < -0.3 is 15.1 Å². The number of piperazine rings is 1. The summed E-state index contributed by atoms with van der Waals surface area (Å²) in [7, 11) is 2.20. The Balaban J connectivity index is 1.63. The van der Waals surface area contributed by atoms with Crippen LogP contribution >= 0.6 is 0 Å². The smallest absolute Gasteiger partial charge is 0.0443 e. The number of hydrogen-bond donors (Lipinski definition) is 1. The van der Waals surface area contributed by atoms with Gasteiger partial charge in [-0.25, -0.2) is 0 Å². The molecule has 3 heteroatoms. The van der Waals surface area contributed by atoms with Crippen molar-refractivity contribution in [2.24, 2.45) is 0 Å². The molecular formula is C17H26N3. The van der Waals surface area contributed by atoms with Crippen LogP contribution in [0.25, 0.3) is 0 Å². The first-order valence-corrected chi connectivity index (χ1v) is 8.03. The van der Waals surface area contributed by atoms with Crippen molar-refractivity contribution in [3.8, 4) is 0 Å². The molecule has 2 aliphatic rings. The van der Waals surface area contributed by atoms with Crippen LogP contribution in [0, 0.1) is 6.07 Å². The summed E-state index contributed by atoms with van der Waals surface area (Å²) in [6, 6.07) is 10.5. The lowest BCUT2D eigenvalue weighted by Crippen LogP contribution is -2.44. The monoisotopic (exact) mass is 272 g/mol. The van der Waals surface area contributed by atoms with Crippen molar-refractivity contribution in [3.63, 3.8) is 0 Å². The summed E-state index contributed by atoms with van der Waals surface area (Å²) in [5.41, 5.74) is 2.52. The second-order valence-electron chi connectivity index (χ2n) is 6.23. The Morgan fingerprint density at radius 3 is 2.60 bits per heavy atom. The standard InChI is InChI=1S/C17H26N3/c1-19-10-12-20(13-11-19)17-9-5-8-16(14-17)18-15-6-3-2-4-7-15/h5,9,14-15,18H,2-4,6-7,10-13H2,1H3. The highest BCUT2D eigenvalue weighted by atomic mass is 15.2. The maximum atomic E-state index is 3.68. The van der Waals surface area contributed by atoms with Crippen LogP contribution in [0.2, 0.25) is 0 Å². The first-order valence-electron chi connectivity index (χ1n) is 8.03. The minimum Gasteiger partial charge on any atom is -0.382 e. The molecule has 0 unspecified atom stereocenters. The van der Waals surface area contributed by atoms with Crippen LogP contribution in [0.5, 0.6) is 0 Å². The summed E-state index contributed by atoms with van der Waals surface area (Å²) >= 11 is 0. The zero-order valence-corrected chi connectivity index (χ0v) is 12.6. The Bertz CT molecular complexity index is 418. The summed E-state index contributed by atoms with van der Waals surface area (Å²) in [6.07, 6.45) is 6.77. The van der Waals surface area contributed by atoms with E-state index in [0.717, 1.165) is 26.2 Å². The van der Waals surface area contributed by atoms with Gasteiger partial charge in [0.25, 0.3) is 0 Å². The highest BCUT2D eigenvalue weighted by Gasteiger charge is 2.16. The minimum atomic E-state index is 0.655. The van der Waals surface area contributed by atoms with Gasteiger partial charge in [0.1, 0.15) is 0 Å². The Morgan fingerprint density at radius 1 is 1.10 bits per heavy atom. The van der Waals surface area contributed by atoms with E-state index in [1.54, 1.807) is 0 Å². The third-order valence-corrected chi connectivity index (χ3v) is 4.62. The molecule has 0 amide bonds. The fourth-order valence-corrected chi connectivity index (χ4v) is 3.27. The van der Waals surface area contributed by atoms with E-state index in [1.807, 2.05) is 0 Å². The van der Waals surface area contributed by atoms with Gasteiger partial charge in [-0.05, 0) is 32.0 Å². The predicted molar refractivity (Wildman–Crippen MR) is 85.5 cm³/mol. The van der Waals surface area contributed by atoms with Crippen molar-refractivity contribution in [2.45, 2.75) is 38.1 Å². The molecule has 1 aromatic carbocycles. The van der Waals surface area contributed by atoms with Gasteiger partial charge in [0, 0.05) is 49.7 Å². The van der Waals surface area contributed by atoms with E-state index in [2.05, 4.69) is 46.4 Å². The molecule has 1 saturated carbocycles.